The van der Waals surface area contributed by atoms with Crippen molar-refractivity contribution >= 4 is 29.3 Å². The second kappa shape index (κ2) is 7.54. The van der Waals surface area contributed by atoms with Crippen LogP contribution in [0.5, 0.6) is 0 Å². The number of hydrogen-bond donors (Lipinski definition) is 0. The lowest BCUT2D eigenvalue weighted by atomic mass is 9.82. The molecule has 0 radical (unpaired) electrons. The molecule has 1 aromatic rings. The second-order valence-electron chi connectivity index (χ2n) is 7.60. The molecule has 1 saturated carbocycles. The molecule has 4 amide bonds. The van der Waals surface area contributed by atoms with Crippen molar-refractivity contribution in [1.29, 1.82) is 0 Å². The molecule has 2 aliphatic heterocycles. The predicted molar refractivity (Wildman–Crippen MR) is 103 cm³/mol. The quantitative estimate of drug-likeness (QED) is 0.738. The molecule has 0 bridgehead atoms. The van der Waals surface area contributed by atoms with Crippen LogP contribution in [0.1, 0.15) is 37.7 Å². The van der Waals surface area contributed by atoms with Crippen LogP contribution in [0.3, 0.4) is 0 Å². The summed E-state index contributed by atoms with van der Waals surface area (Å²) in [7, 11) is 0. The molecule has 1 aromatic carbocycles. The van der Waals surface area contributed by atoms with Gasteiger partial charge in [-0.1, -0.05) is 12.1 Å². The summed E-state index contributed by atoms with van der Waals surface area (Å²) in [5.74, 6) is -0.389. The summed E-state index contributed by atoms with van der Waals surface area (Å²) >= 11 is 0. The summed E-state index contributed by atoms with van der Waals surface area (Å²) in [5.41, 5.74) is 1.77. The molecule has 0 N–H and O–H groups in total. The first-order chi connectivity index (χ1) is 13.5. The van der Waals surface area contributed by atoms with Gasteiger partial charge in [-0.2, -0.15) is 0 Å². The van der Waals surface area contributed by atoms with Gasteiger partial charge >= 0.3 is 0 Å². The van der Waals surface area contributed by atoms with Crippen LogP contribution in [0, 0.1) is 5.92 Å². The lowest BCUT2D eigenvalue weighted by molar-refractivity contribution is -0.140. The lowest BCUT2D eigenvalue weighted by Crippen LogP contribution is -2.42. The minimum Gasteiger partial charge on any atom is -0.272 e. The van der Waals surface area contributed by atoms with E-state index in [-0.39, 0.29) is 29.7 Å². The Hall–Kier alpha value is -3.02. The highest BCUT2D eigenvalue weighted by Gasteiger charge is 2.33. The summed E-state index contributed by atoms with van der Waals surface area (Å²) in [6.07, 6.45) is 11.0. The second-order valence-corrected chi connectivity index (χ2v) is 7.60. The van der Waals surface area contributed by atoms with Crippen molar-refractivity contribution in [2.45, 2.75) is 44.6 Å². The molecule has 0 unspecified atom stereocenters. The number of rotatable bonds is 5. The molecule has 1 aliphatic carbocycles. The van der Waals surface area contributed by atoms with E-state index >= 15 is 0 Å². The van der Waals surface area contributed by atoms with E-state index in [4.69, 9.17) is 0 Å². The molecular formula is C22H22N2O4. The fraction of sp³-hybridized carbons (Fsp3) is 0.364. The van der Waals surface area contributed by atoms with E-state index < -0.39 is 0 Å². The monoisotopic (exact) mass is 378 g/mol. The van der Waals surface area contributed by atoms with Gasteiger partial charge in [0.2, 0.25) is 0 Å². The Labute approximate surface area is 163 Å². The van der Waals surface area contributed by atoms with E-state index in [1.54, 1.807) is 0 Å². The van der Waals surface area contributed by atoms with Crippen LogP contribution >= 0.6 is 0 Å². The van der Waals surface area contributed by atoms with Crippen LogP contribution in [0.4, 0.5) is 5.69 Å². The minimum atomic E-state index is -0.306. The van der Waals surface area contributed by atoms with Crippen molar-refractivity contribution in [2.24, 2.45) is 5.92 Å². The number of amides is 4. The number of benzene rings is 1. The van der Waals surface area contributed by atoms with E-state index in [2.05, 4.69) is 0 Å². The molecule has 1 fully saturated rings. The molecule has 6 heteroatoms. The fourth-order valence-electron chi connectivity index (χ4n) is 4.30. The van der Waals surface area contributed by atoms with Crippen LogP contribution < -0.4 is 4.90 Å². The van der Waals surface area contributed by atoms with E-state index in [9.17, 15) is 19.2 Å². The Kier molecular flexibility index (Phi) is 4.94. The van der Waals surface area contributed by atoms with Crippen molar-refractivity contribution in [3.05, 3.63) is 54.1 Å². The Balaban J connectivity index is 1.27. The van der Waals surface area contributed by atoms with Crippen LogP contribution in [-0.2, 0) is 25.6 Å². The molecule has 2 heterocycles. The summed E-state index contributed by atoms with van der Waals surface area (Å²) in [4.78, 5) is 49.7. The third-order valence-electron chi connectivity index (χ3n) is 5.87. The van der Waals surface area contributed by atoms with Gasteiger partial charge in [-0.25, -0.2) is 4.90 Å². The van der Waals surface area contributed by atoms with E-state index in [1.807, 2.05) is 24.3 Å². The molecule has 3 aliphatic rings. The first-order valence-electron chi connectivity index (χ1n) is 9.73. The van der Waals surface area contributed by atoms with Crippen molar-refractivity contribution in [3.63, 3.8) is 0 Å². The number of imide groups is 2. The zero-order valence-corrected chi connectivity index (χ0v) is 15.5. The zero-order valence-electron chi connectivity index (χ0n) is 15.5. The van der Waals surface area contributed by atoms with Gasteiger partial charge in [0.15, 0.2) is 0 Å². The molecule has 28 heavy (non-hydrogen) atoms. The summed E-state index contributed by atoms with van der Waals surface area (Å²) in [5, 5.41) is 0. The average Bonchev–Trinajstić information content (AvgIpc) is 3.22. The molecule has 0 atom stereocenters. The molecule has 6 nitrogen and oxygen atoms in total. The normalized spacial score (nSPS) is 24.7. The Morgan fingerprint density at radius 3 is 1.82 bits per heavy atom. The van der Waals surface area contributed by atoms with E-state index in [1.165, 1.54) is 39.7 Å². The third-order valence-corrected chi connectivity index (χ3v) is 5.87. The van der Waals surface area contributed by atoms with Crippen molar-refractivity contribution in [2.75, 3.05) is 4.90 Å². The smallest absolute Gasteiger partial charge is 0.258 e. The summed E-state index contributed by atoms with van der Waals surface area (Å²) in [6.45, 7) is 0. The number of carbonyl (C=O) groups is 4. The zero-order chi connectivity index (χ0) is 19.7. The predicted octanol–water partition coefficient (Wildman–Crippen LogP) is 2.53. The fourth-order valence-corrected chi connectivity index (χ4v) is 4.30. The number of anilines is 1. The molecular weight excluding hydrogens is 356 g/mol. The molecule has 0 spiro atoms. The van der Waals surface area contributed by atoms with E-state index in [0.717, 1.165) is 38.5 Å². The van der Waals surface area contributed by atoms with Crippen LogP contribution in [0.25, 0.3) is 0 Å². The number of carbonyl (C=O) groups excluding carboxylic acids is 4. The maximum absolute atomic E-state index is 11.8. The molecule has 4 rings (SSSR count). The standard InChI is InChI=1S/C22H22N2O4/c25-19-11-12-20(26)23(19)17-7-3-15(4-8-17)1-2-16-5-9-18(10-6-16)24-21(27)13-14-22(24)28/h3-4,7-8,11-14,16,18H,1-2,5-6,9-10H2. The maximum atomic E-state index is 11.8. The average molecular weight is 378 g/mol. The maximum Gasteiger partial charge on any atom is 0.258 e. The van der Waals surface area contributed by atoms with Crippen LogP contribution in [0.15, 0.2) is 48.6 Å². The van der Waals surface area contributed by atoms with Gasteiger partial charge in [0.05, 0.1) is 5.69 Å². The van der Waals surface area contributed by atoms with Gasteiger partial charge < -0.3 is 0 Å². The highest BCUT2D eigenvalue weighted by atomic mass is 16.2. The molecule has 0 saturated heterocycles. The van der Waals surface area contributed by atoms with Crippen molar-refractivity contribution in [1.82, 2.24) is 4.90 Å². The topological polar surface area (TPSA) is 74.8 Å². The van der Waals surface area contributed by atoms with Gasteiger partial charge in [-0.15, -0.1) is 0 Å². The Bertz CT molecular complexity index is 840. The summed E-state index contributed by atoms with van der Waals surface area (Å²) < 4.78 is 0. The highest BCUT2D eigenvalue weighted by Crippen LogP contribution is 2.32. The van der Waals surface area contributed by atoms with Gasteiger partial charge in [-0.05, 0) is 62.1 Å². The van der Waals surface area contributed by atoms with E-state index in [0.29, 0.717) is 11.6 Å². The largest absolute Gasteiger partial charge is 0.272 e. The molecule has 0 aromatic heterocycles. The van der Waals surface area contributed by atoms with Gasteiger partial charge in [0, 0.05) is 30.3 Å². The number of hydrogen-bond acceptors (Lipinski definition) is 4. The third kappa shape index (κ3) is 3.54. The highest BCUT2D eigenvalue weighted by molar-refractivity contribution is 6.28. The van der Waals surface area contributed by atoms with Gasteiger partial charge in [0.25, 0.3) is 23.6 Å². The lowest BCUT2D eigenvalue weighted by Gasteiger charge is -2.33. The first kappa shape index (κ1) is 18.3. The Morgan fingerprint density at radius 2 is 1.25 bits per heavy atom. The van der Waals surface area contributed by atoms with Gasteiger partial charge in [-0.3, -0.25) is 24.1 Å². The number of nitrogens with zero attached hydrogens (tertiary/aromatic N) is 2. The first-order valence-corrected chi connectivity index (χ1v) is 9.73. The number of aryl methyl sites for hydroxylation is 1. The minimum absolute atomic E-state index is 0.0367. The Morgan fingerprint density at radius 1 is 0.714 bits per heavy atom. The van der Waals surface area contributed by atoms with Crippen LogP contribution in [-0.4, -0.2) is 34.6 Å². The molecule has 144 valence electrons. The van der Waals surface area contributed by atoms with Crippen molar-refractivity contribution in [3.8, 4) is 0 Å². The van der Waals surface area contributed by atoms with Crippen LogP contribution in [0.2, 0.25) is 0 Å². The summed E-state index contributed by atoms with van der Waals surface area (Å²) in [6, 6.07) is 7.59. The SMILES string of the molecule is O=C1C=CC(=O)N1c1ccc(CCC2CCC(N3C(=O)C=CC3=O)CC2)cc1. The van der Waals surface area contributed by atoms with Crippen molar-refractivity contribution < 1.29 is 19.2 Å². The van der Waals surface area contributed by atoms with Gasteiger partial charge in [0.1, 0.15) is 0 Å².